The quantitative estimate of drug-likeness (QED) is 0.199. The summed E-state index contributed by atoms with van der Waals surface area (Å²) in [5.41, 5.74) is -3.91. The van der Waals surface area contributed by atoms with E-state index in [9.17, 15) is 41.8 Å². The van der Waals surface area contributed by atoms with Crippen LogP contribution >= 0.6 is 0 Å². The molecule has 8 rings (SSSR count). The van der Waals surface area contributed by atoms with Crippen LogP contribution in [0, 0.1) is 34.5 Å². The fraction of sp³-hybridized carbons (Fsp3) is 0.889. The summed E-state index contributed by atoms with van der Waals surface area (Å²) in [6.45, 7) is -1.62. The molecule has 0 radical (unpaired) electrons. The lowest BCUT2D eigenvalue weighted by Gasteiger charge is -2.58. The second kappa shape index (κ2) is 9.30. The molecular formula is C27H36F2O11S. The zero-order valence-electron chi connectivity index (χ0n) is 22.6. The van der Waals surface area contributed by atoms with Crippen molar-refractivity contribution in [2.75, 3.05) is 13.2 Å². The van der Waals surface area contributed by atoms with E-state index in [1.807, 2.05) is 0 Å². The maximum atomic E-state index is 14.0. The van der Waals surface area contributed by atoms with Gasteiger partial charge >= 0.3 is 33.3 Å². The van der Waals surface area contributed by atoms with Crippen molar-refractivity contribution in [3.8, 4) is 0 Å². The average Bonchev–Trinajstić information content (AvgIpc) is 2.81. The summed E-state index contributed by atoms with van der Waals surface area (Å²) in [5, 5.41) is 16.6. The Hall–Kier alpha value is -1.90. The van der Waals surface area contributed by atoms with Gasteiger partial charge in [0.25, 0.3) is 0 Å². The zero-order chi connectivity index (χ0) is 29.6. The molecule has 230 valence electrons. The van der Waals surface area contributed by atoms with Gasteiger partial charge in [0, 0.05) is 0 Å². The molecule has 41 heavy (non-hydrogen) atoms. The van der Waals surface area contributed by atoms with Crippen molar-refractivity contribution in [2.45, 2.75) is 99.6 Å². The van der Waals surface area contributed by atoms with Gasteiger partial charge in [0.2, 0.25) is 0 Å². The van der Waals surface area contributed by atoms with Crippen molar-refractivity contribution in [3.05, 3.63) is 0 Å². The summed E-state index contributed by atoms with van der Waals surface area (Å²) in [4.78, 5) is 38.7. The minimum Gasteiger partial charge on any atom is -0.461 e. The average molecular weight is 607 g/mol. The number of rotatable bonds is 9. The molecule has 0 saturated heterocycles. The maximum Gasteiger partial charge on any atom is 0.465 e. The molecule has 0 aromatic heterocycles. The van der Waals surface area contributed by atoms with Crippen LogP contribution in [-0.2, 0) is 38.7 Å². The van der Waals surface area contributed by atoms with Crippen LogP contribution in [0.5, 0.6) is 0 Å². The number of ether oxygens (including phenoxy) is 3. The summed E-state index contributed by atoms with van der Waals surface area (Å²) in [6.07, 6.45) is 4.77. The molecule has 4 unspecified atom stereocenters. The summed E-state index contributed by atoms with van der Waals surface area (Å²) >= 11 is 0. The molecular weight excluding hydrogens is 570 g/mol. The number of hydrogen-bond acceptors (Lipinski definition) is 10. The van der Waals surface area contributed by atoms with E-state index < -0.39 is 74.6 Å². The highest BCUT2D eigenvalue weighted by molar-refractivity contribution is 7.87. The van der Waals surface area contributed by atoms with Gasteiger partial charge in [0.1, 0.15) is 13.2 Å². The van der Waals surface area contributed by atoms with Gasteiger partial charge in [-0.25, -0.2) is 4.79 Å². The zero-order valence-corrected chi connectivity index (χ0v) is 23.4. The lowest BCUT2D eigenvalue weighted by molar-refractivity contribution is -0.206. The van der Waals surface area contributed by atoms with E-state index in [0.29, 0.717) is 51.4 Å². The first-order valence-corrected chi connectivity index (χ1v) is 15.7. The molecule has 4 atom stereocenters. The Morgan fingerprint density at radius 2 is 1.12 bits per heavy atom. The first-order valence-electron chi connectivity index (χ1n) is 14.3. The predicted octanol–water partition coefficient (Wildman–Crippen LogP) is 2.13. The van der Waals surface area contributed by atoms with Gasteiger partial charge in [-0.2, -0.15) is 17.2 Å². The highest BCUT2D eigenvalue weighted by Gasteiger charge is 2.62. The Labute approximate surface area is 236 Å². The molecule has 14 heteroatoms. The van der Waals surface area contributed by atoms with Crippen molar-refractivity contribution < 1.29 is 60.6 Å². The van der Waals surface area contributed by atoms with Crippen molar-refractivity contribution in [1.29, 1.82) is 0 Å². The second-order valence-electron chi connectivity index (χ2n) is 14.1. The molecule has 8 fully saturated rings. The van der Waals surface area contributed by atoms with E-state index in [4.69, 9.17) is 14.0 Å². The number of alkyl halides is 2. The highest BCUT2D eigenvalue weighted by atomic mass is 32.2. The van der Waals surface area contributed by atoms with Crippen LogP contribution in [0.15, 0.2) is 0 Å². The maximum absolute atomic E-state index is 14.0. The normalized spacial score (nSPS) is 43.0. The Kier molecular flexibility index (Phi) is 6.62. The lowest BCUT2D eigenvalue weighted by Crippen LogP contribution is -2.59. The van der Waals surface area contributed by atoms with E-state index in [1.165, 1.54) is 0 Å². The van der Waals surface area contributed by atoms with E-state index in [0.717, 1.165) is 12.8 Å². The van der Waals surface area contributed by atoms with Gasteiger partial charge in [0.05, 0.1) is 22.0 Å². The summed E-state index contributed by atoms with van der Waals surface area (Å²) < 4.78 is 74.4. The van der Waals surface area contributed by atoms with Gasteiger partial charge in [-0.15, -0.1) is 0 Å². The molecule has 3 N–H and O–H groups in total. The van der Waals surface area contributed by atoms with Crippen LogP contribution in [-0.4, -0.2) is 76.9 Å². The standard InChI is InChI=1S/C27H36F2O11S/c28-27(29,41(35,36)37)22(32)40-19(11-38-20(30)23-3-15-1-16(4-23)8-25(33,7-15)13-23)12-39-21(31)24-5-17-2-18(6-24)10-26(34,9-17)14-24/h15-19,33-34H,1-14H2,(H,35,36,37). The van der Waals surface area contributed by atoms with Crippen LogP contribution in [0.4, 0.5) is 8.78 Å². The van der Waals surface area contributed by atoms with E-state index >= 15 is 0 Å². The first-order chi connectivity index (χ1) is 18.9. The number of carbonyl (C=O) groups excluding carboxylic acids is 3. The van der Waals surface area contributed by atoms with Crippen LogP contribution in [0.3, 0.4) is 0 Å². The fourth-order valence-corrected chi connectivity index (χ4v) is 10.2. The Morgan fingerprint density at radius 1 is 0.756 bits per heavy atom. The van der Waals surface area contributed by atoms with Crippen LogP contribution in [0.2, 0.25) is 0 Å². The van der Waals surface area contributed by atoms with Crippen LogP contribution < -0.4 is 0 Å². The Bertz CT molecular complexity index is 1160. The number of aliphatic hydroxyl groups is 2. The third-order valence-corrected chi connectivity index (χ3v) is 11.4. The summed E-state index contributed by atoms with van der Waals surface area (Å²) in [7, 11) is -6.16. The fourth-order valence-electron chi connectivity index (χ4n) is 9.99. The molecule has 0 aromatic rings. The molecule has 8 aliphatic rings. The predicted molar refractivity (Wildman–Crippen MR) is 132 cm³/mol. The number of halogens is 2. The molecule has 0 amide bonds. The third-order valence-electron chi connectivity index (χ3n) is 10.6. The Balaban J connectivity index is 1.15. The Morgan fingerprint density at radius 3 is 1.44 bits per heavy atom. The third kappa shape index (κ3) is 5.06. The van der Waals surface area contributed by atoms with Crippen molar-refractivity contribution in [1.82, 2.24) is 0 Å². The van der Waals surface area contributed by atoms with E-state index in [2.05, 4.69) is 4.74 Å². The minimum absolute atomic E-state index is 0.145. The lowest BCUT2D eigenvalue weighted by atomic mass is 9.48. The smallest absolute Gasteiger partial charge is 0.461 e. The van der Waals surface area contributed by atoms with Crippen LogP contribution in [0.25, 0.3) is 0 Å². The monoisotopic (exact) mass is 606 g/mol. The van der Waals surface area contributed by atoms with E-state index in [-0.39, 0.29) is 36.5 Å². The number of hydrogen-bond donors (Lipinski definition) is 3. The number of carbonyl (C=O) groups is 3. The van der Waals surface area contributed by atoms with Crippen molar-refractivity contribution in [2.24, 2.45) is 34.5 Å². The van der Waals surface area contributed by atoms with Gasteiger partial charge in [0.15, 0.2) is 6.10 Å². The minimum atomic E-state index is -6.16. The molecule has 8 bridgehead atoms. The summed E-state index contributed by atoms with van der Waals surface area (Å²) in [6, 6.07) is 0. The van der Waals surface area contributed by atoms with Gasteiger partial charge < -0.3 is 24.4 Å². The van der Waals surface area contributed by atoms with Crippen LogP contribution in [0.1, 0.15) is 77.0 Å². The highest BCUT2D eigenvalue weighted by Crippen LogP contribution is 2.63. The molecule has 0 heterocycles. The van der Waals surface area contributed by atoms with Crippen molar-refractivity contribution >= 4 is 28.0 Å². The van der Waals surface area contributed by atoms with Gasteiger partial charge in [-0.1, -0.05) is 0 Å². The summed E-state index contributed by atoms with van der Waals surface area (Å²) in [5.74, 6) is -3.41. The molecule has 0 aliphatic heterocycles. The molecule has 0 spiro atoms. The van der Waals surface area contributed by atoms with E-state index in [1.54, 1.807) is 0 Å². The topological polar surface area (TPSA) is 174 Å². The first kappa shape index (κ1) is 29.2. The van der Waals surface area contributed by atoms with Gasteiger partial charge in [-0.05, 0) is 101 Å². The second-order valence-corrected chi connectivity index (χ2v) is 15.6. The number of esters is 3. The SMILES string of the molecule is O=C(OCC(COC(=O)C12CC3CC(CC(O)(C3)C1)C2)OC(=O)C(F)(F)S(=O)(=O)O)C12CC3CC(CC(O)(C3)C1)C2. The molecule has 0 aromatic carbocycles. The largest absolute Gasteiger partial charge is 0.465 e. The molecule has 11 nitrogen and oxygen atoms in total. The van der Waals surface area contributed by atoms with Gasteiger partial charge in [-0.3, -0.25) is 14.1 Å². The molecule has 8 saturated carbocycles. The molecule has 8 aliphatic carbocycles. The van der Waals surface area contributed by atoms with Crippen molar-refractivity contribution in [3.63, 3.8) is 0 Å².